The highest BCUT2D eigenvalue weighted by Gasteiger charge is 2.52. The zero-order valence-electron chi connectivity index (χ0n) is 17.5. The first-order chi connectivity index (χ1) is 13.9. The standard InChI is InChI=1S/C25H29ClN2O/c1-17-15-21-20-16-19(26)9-10-22(20)27-23(21)25(29-17)13-11-24(12-14-25,28(2)3)18-7-5-4-6-8-18/h4-10,16-17,19H,11-15H2,1-3H3. The summed E-state index contributed by atoms with van der Waals surface area (Å²) >= 11 is 6.39. The molecule has 2 aliphatic heterocycles. The first-order valence-electron chi connectivity index (χ1n) is 10.7. The summed E-state index contributed by atoms with van der Waals surface area (Å²) in [6, 6.07) is 10.9. The maximum Gasteiger partial charge on any atom is 0.111 e. The van der Waals surface area contributed by atoms with E-state index >= 15 is 0 Å². The second-order valence-electron chi connectivity index (χ2n) is 9.13. The number of ether oxygens (including phenoxy) is 1. The maximum atomic E-state index is 6.70. The number of nitrogens with zero attached hydrogens (tertiary/aromatic N) is 2. The average molecular weight is 409 g/mol. The van der Waals surface area contributed by atoms with Crippen LogP contribution in [0.5, 0.6) is 0 Å². The van der Waals surface area contributed by atoms with Gasteiger partial charge in [0.2, 0.25) is 0 Å². The molecule has 29 heavy (non-hydrogen) atoms. The quantitative estimate of drug-likeness (QED) is 0.614. The van der Waals surface area contributed by atoms with Crippen molar-refractivity contribution >= 4 is 17.3 Å². The first kappa shape index (κ1) is 19.3. The van der Waals surface area contributed by atoms with Crippen molar-refractivity contribution in [1.82, 2.24) is 4.90 Å². The van der Waals surface area contributed by atoms with Crippen molar-refractivity contribution in [2.24, 2.45) is 4.99 Å². The highest BCUT2D eigenvalue weighted by Crippen LogP contribution is 2.54. The lowest BCUT2D eigenvalue weighted by Gasteiger charge is -2.51. The van der Waals surface area contributed by atoms with Gasteiger partial charge in [0.15, 0.2) is 0 Å². The van der Waals surface area contributed by atoms with E-state index < -0.39 is 0 Å². The summed E-state index contributed by atoms with van der Waals surface area (Å²) in [6.45, 7) is 2.20. The summed E-state index contributed by atoms with van der Waals surface area (Å²) in [7, 11) is 4.42. The predicted octanol–water partition coefficient (Wildman–Crippen LogP) is 5.38. The smallest absolute Gasteiger partial charge is 0.111 e. The lowest BCUT2D eigenvalue weighted by atomic mass is 9.67. The molecule has 1 aromatic rings. The molecule has 2 atom stereocenters. The first-order valence-corrected chi connectivity index (χ1v) is 11.2. The van der Waals surface area contributed by atoms with Gasteiger partial charge in [0.1, 0.15) is 5.60 Å². The zero-order valence-corrected chi connectivity index (χ0v) is 18.2. The average Bonchev–Trinajstić information content (AvgIpc) is 3.08. The van der Waals surface area contributed by atoms with Gasteiger partial charge in [-0.05, 0) is 63.9 Å². The van der Waals surface area contributed by atoms with Crippen LogP contribution < -0.4 is 0 Å². The molecule has 0 saturated heterocycles. The molecule has 4 heteroatoms. The molecule has 1 saturated carbocycles. The van der Waals surface area contributed by atoms with E-state index in [2.05, 4.69) is 68.4 Å². The molecule has 0 radical (unpaired) electrons. The van der Waals surface area contributed by atoms with Crippen LogP contribution in [-0.4, -0.2) is 41.8 Å². The van der Waals surface area contributed by atoms with E-state index in [1.807, 2.05) is 6.08 Å². The van der Waals surface area contributed by atoms with Crippen LogP contribution in [0, 0.1) is 0 Å². The van der Waals surface area contributed by atoms with Crippen molar-refractivity contribution in [2.75, 3.05) is 14.1 Å². The van der Waals surface area contributed by atoms with E-state index in [1.54, 1.807) is 0 Å². The van der Waals surface area contributed by atoms with E-state index in [0.29, 0.717) is 0 Å². The number of allylic oxidation sites excluding steroid dienone is 4. The molecule has 0 amide bonds. The molecule has 2 aliphatic carbocycles. The largest absolute Gasteiger partial charge is 0.365 e. The van der Waals surface area contributed by atoms with Crippen molar-refractivity contribution < 1.29 is 4.74 Å². The van der Waals surface area contributed by atoms with Gasteiger partial charge in [-0.25, -0.2) is 4.99 Å². The van der Waals surface area contributed by atoms with Crippen LogP contribution in [-0.2, 0) is 10.3 Å². The van der Waals surface area contributed by atoms with Crippen LogP contribution in [0.15, 0.2) is 70.4 Å². The molecule has 1 aromatic carbocycles. The second kappa shape index (κ2) is 6.94. The molecule has 3 nitrogen and oxygen atoms in total. The van der Waals surface area contributed by atoms with Crippen molar-refractivity contribution in [3.8, 4) is 0 Å². The molecule has 152 valence electrons. The van der Waals surface area contributed by atoms with E-state index in [-0.39, 0.29) is 22.6 Å². The third-order valence-electron chi connectivity index (χ3n) is 7.28. The van der Waals surface area contributed by atoms with Crippen LogP contribution in [0.2, 0.25) is 0 Å². The number of hydrogen-bond donors (Lipinski definition) is 0. The molecular formula is C25H29ClN2O. The minimum Gasteiger partial charge on any atom is -0.365 e. The number of aliphatic imine (C=N–C) groups is 1. The van der Waals surface area contributed by atoms with Gasteiger partial charge in [-0.2, -0.15) is 0 Å². The van der Waals surface area contributed by atoms with E-state index in [1.165, 1.54) is 22.4 Å². The number of benzene rings is 1. The Kier molecular flexibility index (Phi) is 4.62. The van der Waals surface area contributed by atoms with E-state index in [0.717, 1.165) is 37.8 Å². The Morgan fingerprint density at radius 3 is 2.52 bits per heavy atom. The fourth-order valence-corrected chi connectivity index (χ4v) is 5.96. The van der Waals surface area contributed by atoms with E-state index in [9.17, 15) is 0 Å². The van der Waals surface area contributed by atoms with Gasteiger partial charge >= 0.3 is 0 Å². The third-order valence-corrected chi connectivity index (χ3v) is 7.56. The molecule has 4 aliphatic rings. The van der Waals surface area contributed by atoms with Gasteiger partial charge in [-0.1, -0.05) is 42.5 Å². The number of halogens is 1. The van der Waals surface area contributed by atoms with Gasteiger partial charge in [-0.3, -0.25) is 4.90 Å². The summed E-state index contributed by atoms with van der Waals surface area (Å²) in [4.78, 5) is 7.49. The van der Waals surface area contributed by atoms with Crippen molar-refractivity contribution in [3.63, 3.8) is 0 Å². The molecule has 1 fully saturated rings. The van der Waals surface area contributed by atoms with Gasteiger partial charge in [0, 0.05) is 17.5 Å². The third kappa shape index (κ3) is 2.98. The Morgan fingerprint density at radius 1 is 1.10 bits per heavy atom. The molecule has 0 N–H and O–H groups in total. The molecule has 0 bridgehead atoms. The fraction of sp³-hybridized carbons (Fsp3) is 0.480. The molecule has 2 heterocycles. The summed E-state index contributed by atoms with van der Waals surface area (Å²) in [5.74, 6) is 0. The van der Waals surface area contributed by atoms with E-state index in [4.69, 9.17) is 21.3 Å². The van der Waals surface area contributed by atoms with Crippen molar-refractivity contribution in [2.45, 2.75) is 61.6 Å². The highest BCUT2D eigenvalue weighted by molar-refractivity contribution is 6.26. The Hall–Kier alpha value is -1.68. The van der Waals surface area contributed by atoms with Crippen molar-refractivity contribution in [3.05, 3.63) is 71.0 Å². The lowest BCUT2D eigenvalue weighted by molar-refractivity contribution is -0.114. The van der Waals surface area contributed by atoms with Crippen molar-refractivity contribution in [1.29, 1.82) is 0 Å². The molecule has 2 unspecified atom stereocenters. The van der Waals surface area contributed by atoms with Gasteiger partial charge < -0.3 is 4.74 Å². The number of alkyl halides is 1. The second-order valence-corrected chi connectivity index (χ2v) is 9.63. The normalized spacial score (nSPS) is 36.2. The number of hydrogen-bond acceptors (Lipinski definition) is 3. The lowest BCUT2D eigenvalue weighted by Crippen LogP contribution is -2.52. The Bertz CT molecular complexity index is 933. The van der Waals surface area contributed by atoms with Crippen LogP contribution in [0.1, 0.15) is 44.6 Å². The fourth-order valence-electron chi connectivity index (χ4n) is 5.76. The Balaban J connectivity index is 1.52. The monoisotopic (exact) mass is 408 g/mol. The predicted molar refractivity (Wildman–Crippen MR) is 119 cm³/mol. The molecule has 1 spiro atoms. The zero-order chi connectivity index (χ0) is 20.2. The summed E-state index contributed by atoms with van der Waals surface area (Å²) in [5, 5.41) is -0.0456. The van der Waals surface area contributed by atoms with Gasteiger partial charge in [0.05, 0.1) is 22.9 Å². The van der Waals surface area contributed by atoms with Crippen LogP contribution in [0.3, 0.4) is 0 Å². The molecule has 5 rings (SSSR count). The van der Waals surface area contributed by atoms with Crippen LogP contribution in [0.4, 0.5) is 0 Å². The summed E-state index contributed by atoms with van der Waals surface area (Å²) < 4.78 is 6.70. The Labute approximate surface area is 178 Å². The topological polar surface area (TPSA) is 24.8 Å². The minimum atomic E-state index is -0.276. The van der Waals surface area contributed by atoms with Gasteiger partial charge in [-0.15, -0.1) is 11.6 Å². The molecule has 0 aromatic heterocycles. The van der Waals surface area contributed by atoms with Crippen LogP contribution in [0.25, 0.3) is 0 Å². The van der Waals surface area contributed by atoms with Crippen LogP contribution >= 0.6 is 11.6 Å². The maximum absolute atomic E-state index is 6.70. The van der Waals surface area contributed by atoms with Gasteiger partial charge in [0.25, 0.3) is 0 Å². The summed E-state index contributed by atoms with van der Waals surface area (Å²) in [5.41, 5.74) is 6.03. The number of rotatable bonds is 2. The Morgan fingerprint density at radius 2 is 1.83 bits per heavy atom. The number of fused-ring (bicyclic) bond motifs is 3. The summed E-state index contributed by atoms with van der Waals surface area (Å²) in [6.07, 6.45) is 11.5. The highest BCUT2D eigenvalue weighted by atomic mass is 35.5. The minimum absolute atomic E-state index is 0.0456. The SMILES string of the molecule is CC1CC2=C(N=C3C=CC(Cl)C=C32)C2(CCC(c3ccccc3)(N(C)C)CC2)O1. The molecular weight excluding hydrogens is 380 g/mol.